The molecule has 1 N–H and O–H groups in total. The van der Waals surface area contributed by atoms with E-state index in [1.165, 1.54) is 0 Å². The molecule has 7 heteroatoms. The molecule has 0 aliphatic rings. The summed E-state index contributed by atoms with van der Waals surface area (Å²) in [5, 5.41) is 12.9. The Hall–Kier alpha value is -3.61. The van der Waals surface area contributed by atoms with Crippen LogP contribution in [-0.4, -0.2) is 21.8 Å². The average molecular weight is 422 g/mol. The topological polar surface area (TPSA) is 94.2 Å². The number of hydrogen-bond acceptors (Lipinski definition) is 6. The van der Waals surface area contributed by atoms with Crippen LogP contribution in [-0.2, 0) is 22.8 Å². The third kappa shape index (κ3) is 6.44. The number of hydrogen-bond donors (Lipinski definition) is 1. The van der Waals surface area contributed by atoms with Gasteiger partial charge in [-0.1, -0.05) is 48.8 Å². The van der Waals surface area contributed by atoms with E-state index in [-0.39, 0.29) is 12.3 Å². The zero-order valence-electron chi connectivity index (χ0n) is 17.7. The lowest BCUT2D eigenvalue weighted by molar-refractivity contribution is -0.129. The Kier molecular flexibility index (Phi) is 7.81. The Labute approximate surface area is 181 Å². The van der Waals surface area contributed by atoms with Gasteiger partial charge in [-0.3, -0.25) is 0 Å². The van der Waals surface area contributed by atoms with Crippen LogP contribution in [0.4, 0.5) is 0 Å². The molecular weight excluding hydrogens is 396 g/mol. The zero-order valence-corrected chi connectivity index (χ0v) is 17.7. The van der Waals surface area contributed by atoms with Crippen LogP contribution in [0.5, 0.6) is 5.75 Å². The normalized spacial score (nSPS) is 11.4. The van der Waals surface area contributed by atoms with Gasteiger partial charge in [-0.25, -0.2) is 9.78 Å². The molecule has 1 heterocycles. The Bertz CT molecular complexity index is 1010. The van der Waals surface area contributed by atoms with E-state index in [2.05, 4.69) is 10.1 Å². The van der Waals surface area contributed by atoms with Crippen LogP contribution in [0.3, 0.4) is 0 Å². The molecule has 0 fully saturated rings. The number of ether oxygens (including phenoxy) is 1. The molecule has 0 saturated heterocycles. The molecular formula is C24H26N2O5. The molecule has 0 aliphatic heterocycles. The summed E-state index contributed by atoms with van der Waals surface area (Å²) in [6.45, 7) is 4.34. The number of aromatic nitrogens is 1. The SMILES string of the molecule is CCCC/C(=N\OCc1ccc(OCc2nc(-c3ccccc3)oc2C)cc1)C(=O)O. The number of oxazole rings is 1. The third-order valence-corrected chi connectivity index (χ3v) is 4.63. The summed E-state index contributed by atoms with van der Waals surface area (Å²) in [4.78, 5) is 20.9. The van der Waals surface area contributed by atoms with Crippen molar-refractivity contribution >= 4 is 11.7 Å². The fraction of sp³-hybridized carbons (Fsp3) is 0.292. The van der Waals surface area contributed by atoms with E-state index in [1.54, 1.807) is 0 Å². The van der Waals surface area contributed by atoms with Gasteiger partial charge in [0, 0.05) is 12.0 Å². The van der Waals surface area contributed by atoms with Crippen molar-refractivity contribution in [2.45, 2.75) is 46.3 Å². The lowest BCUT2D eigenvalue weighted by Crippen LogP contribution is -2.13. The van der Waals surface area contributed by atoms with Gasteiger partial charge in [-0.15, -0.1) is 0 Å². The smallest absolute Gasteiger partial charge is 0.353 e. The highest BCUT2D eigenvalue weighted by atomic mass is 16.6. The van der Waals surface area contributed by atoms with Crippen molar-refractivity contribution in [1.29, 1.82) is 0 Å². The molecule has 0 bridgehead atoms. The van der Waals surface area contributed by atoms with Crippen LogP contribution in [0.2, 0.25) is 0 Å². The second kappa shape index (κ2) is 11.0. The molecule has 0 unspecified atom stereocenters. The van der Waals surface area contributed by atoms with E-state index in [0.29, 0.717) is 24.7 Å². The molecule has 0 spiro atoms. The minimum absolute atomic E-state index is 0.0413. The maximum Gasteiger partial charge on any atom is 0.353 e. The number of aliphatic carboxylic acids is 1. The average Bonchev–Trinajstić information content (AvgIpc) is 3.16. The fourth-order valence-corrected chi connectivity index (χ4v) is 2.82. The monoisotopic (exact) mass is 422 g/mol. The molecule has 1 aromatic heterocycles. The largest absolute Gasteiger partial charge is 0.487 e. The first-order valence-corrected chi connectivity index (χ1v) is 10.2. The summed E-state index contributed by atoms with van der Waals surface area (Å²) in [5.74, 6) is 0.935. The molecule has 2 aromatic carbocycles. The maximum absolute atomic E-state index is 11.1. The van der Waals surface area contributed by atoms with Gasteiger partial charge in [-0.2, -0.15) is 0 Å². The molecule has 3 aromatic rings. The quantitative estimate of drug-likeness (QED) is 0.329. The van der Waals surface area contributed by atoms with E-state index < -0.39 is 5.97 Å². The van der Waals surface area contributed by atoms with Gasteiger partial charge in [0.2, 0.25) is 5.89 Å². The van der Waals surface area contributed by atoms with Gasteiger partial charge in [0.05, 0.1) is 0 Å². The van der Waals surface area contributed by atoms with Crippen LogP contribution in [0, 0.1) is 6.92 Å². The van der Waals surface area contributed by atoms with Crippen LogP contribution < -0.4 is 4.74 Å². The highest BCUT2D eigenvalue weighted by Gasteiger charge is 2.12. The molecule has 31 heavy (non-hydrogen) atoms. The zero-order chi connectivity index (χ0) is 22.1. The van der Waals surface area contributed by atoms with Gasteiger partial charge < -0.3 is 19.1 Å². The molecule has 0 aliphatic carbocycles. The molecule has 0 atom stereocenters. The summed E-state index contributed by atoms with van der Waals surface area (Å²) >= 11 is 0. The minimum atomic E-state index is -1.05. The fourth-order valence-electron chi connectivity index (χ4n) is 2.82. The number of unbranched alkanes of at least 4 members (excludes halogenated alkanes) is 1. The van der Waals surface area contributed by atoms with Crippen molar-refractivity contribution in [3.8, 4) is 17.2 Å². The summed E-state index contributed by atoms with van der Waals surface area (Å²) in [6.07, 6.45) is 2.06. The van der Waals surface area contributed by atoms with Crippen LogP contribution in [0.25, 0.3) is 11.5 Å². The van der Waals surface area contributed by atoms with Gasteiger partial charge in [0.1, 0.15) is 30.4 Å². The number of benzene rings is 2. The second-order valence-electron chi connectivity index (χ2n) is 7.04. The van der Waals surface area contributed by atoms with E-state index in [4.69, 9.17) is 19.1 Å². The molecule has 0 radical (unpaired) electrons. The number of rotatable bonds is 11. The van der Waals surface area contributed by atoms with Crippen molar-refractivity contribution in [3.63, 3.8) is 0 Å². The summed E-state index contributed by atoms with van der Waals surface area (Å²) < 4.78 is 11.6. The van der Waals surface area contributed by atoms with Gasteiger partial charge >= 0.3 is 5.97 Å². The number of carboxylic acid groups (broad SMARTS) is 1. The van der Waals surface area contributed by atoms with Gasteiger partial charge in [-0.05, 0) is 43.2 Å². The molecule has 0 saturated carbocycles. The number of carboxylic acids is 1. The predicted molar refractivity (Wildman–Crippen MR) is 117 cm³/mol. The van der Waals surface area contributed by atoms with Crippen molar-refractivity contribution in [2.24, 2.45) is 5.16 Å². The second-order valence-corrected chi connectivity index (χ2v) is 7.04. The first kappa shape index (κ1) is 22.1. The maximum atomic E-state index is 11.1. The molecule has 3 rings (SSSR count). The molecule has 7 nitrogen and oxygen atoms in total. The first-order chi connectivity index (χ1) is 15.1. The Balaban J connectivity index is 1.53. The standard InChI is InChI=1S/C24H26N2O5/c1-3-4-10-21(24(27)28)26-30-15-18-11-13-20(14-12-18)29-16-22-17(2)31-23(25-22)19-8-6-5-7-9-19/h5-9,11-14H,3-4,10,15-16H2,1-2H3,(H,27,28)/b26-21+. The highest BCUT2D eigenvalue weighted by Crippen LogP contribution is 2.22. The van der Waals surface area contributed by atoms with E-state index >= 15 is 0 Å². The van der Waals surface area contributed by atoms with E-state index in [0.717, 1.165) is 35.4 Å². The van der Waals surface area contributed by atoms with Crippen molar-refractivity contribution in [3.05, 3.63) is 71.6 Å². The number of aryl methyl sites for hydroxylation is 1. The van der Waals surface area contributed by atoms with Crippen LogP contribution in [0.15, 0.2) is 64.2 Å². The summed E-state index contributed by atoms with van der Waals surface area (Å²) in [6, 6.07) is 17.1. The lowest BCUT2D eigenvalue weighted by atomic mass is 10.2. The van der Waals surface area contributed by atoms with Crippen LogP contribution >= 0.6 is 0 Å². The molecule has 0 amide bonds. The Morgan fingerprint density at radius 3 is 2.52 bits per heavy atom. The van der Waals surface area contributed by atoms with Gasteiger partial charge in [0.25, 0.3) is 0 Å². The number of oxime groups is 1. The third-order valence-electron chi connectivity index (χ3n) is 4.63. The van der Waals surface area contributed by atoms with Crippen molar-refractivity contribution in [1.82, 2.24) is 4.98 Å². The minimum Gasteiger partial charge on any atom is -0.487 e. The Morgan fingerprint density at radius 2 is 1.84 bits per heavy atom. The van der Waals surface area contributed by atoms with Gasteiger partial charge in [0.15, 0.2) is 5.71 Å². The van der Waals surface area contributed by atoms with E-state index in [9.17, 15) is 4.79 Å². The lowest BCUT2D eigenvalue weighted by Gasteiger charge is -2.06. The predicted octanol–water partition coefficient (Wildman–Crippen LogP) is 5.38. The van der Waals surface area contributed by atoms with E-state index in [1.807, 2.05) is 68.4 Å². The van der Waals surface area contributed by atoms with Crippen molar-refractivity contribution < 1.29 is 23.9 Å². The number of carbonyl (C=O) groups is 1. The van der Waals surface area contributed by atoms with Crippen LogP contribution in [0.1, 0.15) is 43.2 Å². The summed E-state index contributed by atoms with van der Waals surface area (Å²) in [5.41, 5.74) is 2.57. The number of nitrogens with zero attached hydrogens (tertiary/aromatic N) is 2. The first-order valence-electron chi connectivity index (χ1n) is 10.2. The Morgan fingerprint density at radius 1 is 1.10 bits per heavy atom. The van der Waals surface area contributed by atoms with Crippen molar-refractivity contribution in [2.75, 3.05) is 0 Å². The molecule has 162 valence electrons. The summed E-state index contributed by atoms with van der Waals surface area (Å²) in [7, 11) is 0. The highest BCUT2D eigenvalue weighted by molar-refractivity contribution is 6.35.